The zero-order valence-electron chi connectivity index (χ0n) is 10.4. The van der Waals surface area contributed by atoms with E-state index in [-0.39, 0.29) is 5.92 Å². The van der Waals surface area contributed by atoms with E-state index in [1.54, 1.807) is 13.1 Å². The summed E-state index contributed by atoms with van der Waals surface area (Å²) in [6.07, 6.45) is 0. The van der Waals surface area contributed by atoms with E-state index in [1.807, 2.05) is 13.8 Å². The number of carboxylic acid groups (broad SMARTS) is 1. The number of carbonyl (C=O) groups is 2. The average molecular weight is 239 g/mol. The minimum Gasteiger partial charge on any atom is -0.480 e. The summed E-state index contributed by atoms with van der Waals surface area (Å²) in [7, 11) is 1.66. The highest BCUT2D eigenvalue weighted by molar-refractivity contribution is 5.95. The molecule has 0 fully saturated rings. The van der Waals surface area contributed by atoms with Crippen molar-refractivity contribution in [1.82, 2.24) is 15.1 Å². The van der Waals surface area contributed by atoms with Crippen molar-refractivity contribution in [3.63, 3.8) is 0 Å². The number of aryl methyl sites for hydroxylation is 1. The molecule has 1 rings (SSSR count). The van der Waals surface area contributed by atoms with Crippen LogP contribution in [0.25, 0.3) is 0 Å². The van der Waals surface area contributed by atoms with Gasteiger partial charge in [-0.15, -0.1) is 0 Å². The molecule has 0 bridgehead atoms. The lowest BCUT2D eigenvalue weighted by atomic mass is 10.1. The second-order valence-electron chi connectivity index (χ2n) is 4.27. The van der Waals surface area contributed by atoms with Gasteiger partial charge in [-0.1, -0.05) is 13.8 Å². The Kier molecular flexibility index (Phi) is 3.88. The molecule has 1 amide bonds. The standard InChI is InChI=1S/C11H17N3O3/c1-6(2)8-5-9(14(4)13-8)10(15)12-7(3)11(16)17/h5-7H,1-4H3,(H,12,15)(H,16,17)/t7-/m0/s1. The molecule has 94 valence electrons. The number of carbonyl (C=O) groups excluding carboxylic acids is 1. The molecule has 1 atom stereocenters. The van der Waals surface area contributed by atoms with Gasteiger partial charge < -0.3 is 10.4 Å². The molecule has 0 spiro atoms. The molecule has 0 aliphatic heterocycles. The quantitative estimate of drug-likeness (QED) is 0.811. The molecule has 0 aromatic carbocycles. The number of aliphatic carboxylic acids is 1. The van der Waals surface area contributed by atoms with E-state index in [1.165, 1.54) is 11.6 Å². The highest BCUT2D eigenvalue weighted by Crippen LogP contribution is 2.13. The third-order valence-corrected chi connectivity index (χ3v) is 2.44. The Bertz CT molecular complexity index is 437. The highest BCUT2D eigenvalue weighted by Gasteiger charge is 2.19. The van der Waals surface area contributed by atoms with Crippen LogP contribution in [0.15, 0.2) is 6.07 Å². The maximum absolute atomic E-state index is 11.8. The summed E-state index contributed by atoms with van der Waals surface area (Å²) in [5.74, 6) is -1.27. The van der Waals surface area contributed by atoms with Crippen LogP contribution in [0.4, 0.5) is 0 Å². The van der Waals surface area contributed by atoms with Crippen LogP contribution in [0.2, 0.25) is 0 Å². The van der Waals surface area contributed by atoms with Crippen LogP contribution in [-0.2, 0) is 11.8 Å². The van der Waals surface area contributed by atoms with Crippen molar-refractivity contribution in [3.8, 4) is 0 Å². The largest absolute Gasteiger partial charge is 0.480 e. The molecule has 0 aliphatic rings. The van der Waals surface area contributed by atoms with Crippen LogP contribution in [0.1, 0.15) is 42.9 Å². The Morgan fingerprint density at radius 2 is 2.00 bits per heavy atom. The first-order valence-electron chi connectivity index (χ1n) is 5.40. The van der Waals surface area contributed by atoms with Crippen molar-refractivity contribution < 1.29 is 14.7 Å². The Labute approximate surface area is 99.6 Å². The summed E-state index contributed by atoms with van der Waals surface area (Å²) in [5.41, 5.74) is 1.17. The van der Waals surface area contributed by atoms with E-state index >= 15 is 0 Å². The van der Waals surface area contributed by atoms with Crippen molar-refractivity contribution in [2.45, 2.75) is 32.7 Å². The molecule has 0 unspecified atom stereocenters. The van der Waals surface area contributed by atoms with Gasteiger partial charge >= 0.3 is 5.97 Å². The third kappa shape index (κ3) is 3.05. The number of nitrogens with one attached hydrogen (secondary N) is 1. The Morgan fingerprint density at radius 1 is 1.41 bits per heavy atom. The fourth-order valence-corrected chi connectivity index (χ4v) is 1.32. The molecule has 1 aromatic heterocycles. The molecule has 0 saturated heterocycles. The maximum atomic E-state index is 11.8. The van der Waals surface area contributed by atoms with Gasteiger partial charge in [0, 0.05) is 7.05 Å². The lowest BCUT2D eigenvalue weighted by molar-refractivity contribution is -0.138. The first kappa shape index (κ1) is 13.2. The normalized spacial score (nSPS) is 12.5. The number of nitrogens with zero attached hydrogens (tertiary/aromatic N) is 2. The molecule has 6 nitrogen and oxygen atoms in total. The Hall–Kier alpha value is -1.85. The predicted octanol–water partition coefficient (Wildman–Crippen LogP) is 0.746. The van der Waals surface area contributed by atoms with E-state index in [9.17, 15) is 9.59 Å². The number of aromatic nitrogens is 2. The molecule has 17 heavy (non-hydrogen) atoms. The fourth-order valence-electron chi connectivity index (χ4n) is 1.32. The van der Waals surface area contributed by atoms with Crippen molar-refractivity contribution in [1.29, 1.82) is 0 Å². The van der Waals surface area contributed by atoms with Gasteiger partial charge in [-0.25, -0.2) is 0 Å². The van der Waals surface area contributed by atoms with E-state index in [0.29, 0.717) is 5.69 Å². The summed E-state index contributed by atoms with van der Waals surface area (Å²) in [6.45, 7) is 5.37. The predicted molar refractivity (Wildman–Crippen MR) is 61.9 cm³/mol. The molecule has 2 N–H and O–H groups in total. The van der Waals surface area contributed by atoms with E-state index in [2.05, 4.69) is 10.4 Å². The smallest absolute Gasteiger partial charge is 0.325 e. The average Bonchev–Trinajstić information content (AvgIpc) is 2.60. The highest BCUT2D eigenvalue weighted by atomic mass is 16.4. The van der Waals surface area contributed by atoms with Crippen LogP contribution in [0.5, 0.6) is 0 Å². The van der Waals surface area contributed by atoms with Crippen molar-refractivity contribution in [2.24, 2.45) is 7.05 Å². The first-order valence-corrected chi connectivity index (χ1v) is 5.40. The fraction of sp³-hybridized carbons (Fsp3) is 0.545. The van der Waals surface area contributed by atoms with Gasteiger partial charge in [-0.2, -0.15) is 5.10 Å². The maximum Gasteiger partial charge on any atom is 0.325 e. The monoisotopic (exact) mass is 239 g/mol. The summed E-state index contributed by atoms with van der Waals surface area (Å²) < 4.78 is 1.46. The van der Waals surface area contributed by atoms with Gasteiger partial charge in [0.1, 0.15) is 11.7 Å². The van der Waals surface area contributed by atoms with E-state index < -0.39 is 17.9 Å². The van der Waals surface area contributed by atoms with Crippen molar-refractivity contribution in [3.05, 3.63) is 17.5 Å². The number of hydrogen-bond acceptors (Lipinski definition) is 3. The second kappa shape index (κ2) is 4.99. The molecule has 1 heterocycles. The molecular weight excluding hydrogens is 222 g/mol. The molecule has 0 radical (unpaired) electrons. The van der Waals surface area contributed by atoms with E-state index in [4.69, 9.17) is 5.11 Å². The Morgan fingerprint density at radius 3 is 2.41 bits per heavy atom. The summed E-state index contributed by atoms with van der Waals surface area (Å²) in [4.78, 5) is 22.4. The zero-order chi connectivity index (χ0) is 13.2. The van der Waals surface area contributed by atoms with Crippen LogP contribution < -0.4 is 5.32 Å². The van der Waals surface area contributed by atoms with Crippen molar-refractivity contribution >= 4 is 11.9 Å². The summed E-state index contributed by atoms with van der Waals surface area (Å²) >= 11 is 0. The lowest BCUT2D eigenvalue weighted by Crippen LogP contribution is -2.39. The van der Waals surface area contributed by atoms with Crippen LogP contribution >= 0.6 is 0 Å². The van der Waals surface area contributed by atoms with Gasteiger partial charge in [0.15, 0.2) is 0 Å². The van der Waals surface area contributed by atoms with Crippen molar-refractivity contribution in [2.75, 3.05) is 0 Å². The number of hydrogen-bond donors (Lipinski definition) is 2. The third-order valence-electron chi connectivity index (χ3n) is 2.44. The van der Waals surface area contributed by atoms with Crippen LogP contribution in [0, 0.1) is 0 Å². The van der Waals surface area contributed by atoms with Gasteiger partial charge in [0.05, 0.1) is 5.69 Å². The topological polar surface area (TPSA) is 84.2 Å². The minimum absolute atomic E-state index is 0.222. The minimum atomic E-state index is -1.07. The summed E-state index contributed by atoms with van der Waals surface area (Å²) in [5, 5.41) is 15.3. The SMILES string of the molecule is CC(C)c1cc(C(=O)N[C@@H](C)C(=O)O)n(C)n1. The molecule has 0 aliphatic carbocycles. The number of rotatable bonds is 4. The molecule has 0 saturated carbocycles. The van der Waals surface area contributed by atoms with Gasteiger partial charge in [-0.3, -0.25) is 14.3 Å². The Balaban J connectivity index is 2.86. The zero-order valence-corrected chi connectivity index (χ0v) is 10.4. The van der Waals surface area contributed by atoms with Crippen LogP contribution in [-0.4, -0.2) is 32.8 Å². The number of amides is 1. The van der Waals surface area contributed by atoms with Gasteiger partial charge in [0.25, 0.3) is 5.91 Å². The second-order valence-corrected chi connectivity index (χ2v) is 4.27. The molecule has 6 heteroatoms. The van der Waals surface area contributed by atoms with Gasteiger partial charge in [-0.05, 0) is 18.9 Å². The van der Waals surface area contributed by atoms with Crippen LogP contribution in [0.3, 0.4) is 0 Å². The lowest BCUT2D eigenvalue weighted by Gasteiger charge is -2.08. The first-order chi connectivity index (χ1) is 7.82. The molecule has 1 aromatic rings. The number of carboxylic acids is 1. The van der Waals surface area contributed by atoms with Gasteiger partial charge in [0.2, 0.25) is 0 Å². The molecular formula is C11H17N3O3. The summed E-state index contributed by atoms with van der Waals surface area (Å²) in [6, 6.07) is 0.758. The van der Waals surface area contributed by atoms with E-state index in [0.717, 1.165) is 5.69 Å².